The Morgan fingerprint density at radius 3 is 2.10 bits per heavy atom. The molecule has 11 heteroatoms. The van der Waals surface area contributed by atoms with Gasteiger partial charge in [-0.25, -0.2) is 16.8 Å². The molecule has 0 N–H and O–H groups in total. The highest BCUT2D eigenvalue weighted by Crippen LogP contribution is 2.37. The van der Waals surface area contributed by atoms with Gasteiger partial charge in [0.25, 0.3) is 15.7 Å². The number of hydrogen-bond acceptors (Lipinski definition) is 6. The quantitative estimate of drug-likeness (QED) is 0.497. The van der Waals surface area contributed by atoms with E-state index in [9.17, 15) is 26.9 Å². The maximum atomic E-state index is 13.2. The monoisotopic (exact) mass is 463 g/mol. The molecule has 164 valence electrons. The van der Waals surface area contributed by atoms with Crippen molar-refractivity contribution in [3.63, 3.8) is 0 Å². The number of hydrogen-bond donors (Lipinski definition) is 0. The van der Waals surface area contributed by atoms with Crippen molar-refractivity contribution >= 4 is 25.7 Å². The Balaban J connectivity index is 1.64. The van der Waals surface area contributed by atoms with E-state index in [0.29, 0.717) is 18.5 Å². The van der Waals surface area contributed by atoms with Crippen molar-refractivity contribution in [2.24, 2.45) is 0 Å². The van der Waals surface area contributed by atoms with Gasteiger partial charge in [-0.3, -0.25) is 14.4 Å². The summed E-state index contributed by atoms with van der Waals surface area (Å²) in [6.07, 6.45) is 2.49. The third-order valence-electron chi connectivity index (χ3n) is 5.55. The van der Waals surface area contributed by atoms with Crippen molar-refractivity contribution in [2.45, 2.75) is 35.6 Å². The minimum Gasteiger partial charge on any atom is -0.269 e. The number of nitro groups is 1. The van der Waals surface area contributed by atoms with Crippen LogP contribution in [0.15, 0.2) is 70.1 Å². The fourth-order valence-corrected chi connectivity index (χ4v) is 7.17. The van der Waals surface area contributed by atoms with Gasteiger partial charge in [0.2, 0.25) is 10.0 Å². The summed E-state index contributed by atoms with van der Waals surface area (Å²) in [7, 11) is -7.76. The number of non-ortho nitro benzene ring substituents is 1. The molecule has 31 heavy (non-hydrogen) atoms. The number of aryl methyl sites for hydroxylation is 1. The molecule has 4 rings (SSSR count). The van der Waals surface area contributed by atoms with E-state index in [2.05, 4.69) is 0 Å². The first-order valence-corrected chi connectivity index (χ1v) is 12.6. The van der Waals surface area contributed by atoms with E-state index in [1.807, 2.05) is 6.92 Å². The lowest BCUT2D eigenvalue weighted by molar-refractivity contribution is -0.384. The maximum absolute atomic E-state index is 13.2. The van der Waals surface area contributed by atoms with Crippen molar-refractivity contribution in [2.75, 3.05) is 13.1 Å². The topological polar surface area (TPSA) is 118 Å². The van der Waals surface area contributed by atoms with Gasteiger partial charge in [0, 0.05) is 30.9 Å². The average Bonchev–Trinajstić information content (AvgIpc) is 3.19. The van der Waals surface area contributed by atoms with Crippen molar-refractivity contribution in [1.29, 1.82) is 0 Å². The van der Waals surface area contributed by atoms with E-state index < -0.39 is 31.0 Å². The van der Waals surface area contributed by atoms with Crippen LogP contribution >= 0.6 is 0 Å². The fraction of sp³-hybridized carbons (Fsp3) is 0.300. The number of fused-ring (bicyclic) bond motifs is 1. The van der Waals surface area contributed by atoms with E-state index in [4.69, 9.17) is 0 Å². The first-order valence-electron chi connectivity index (χ1n) is 9.68. The molecule has 0 radical (unpaired) electrons. The standard InChI is InChI=1S/C20H21N3O6S2/c1-15-4-8-17(9-5-15)31(28,29)22-14-12-20-19(22)3-2-13-21(20)30(26,27)18-10-6-16(7-11-18)23(24)25/h3-11,20H,2,12-14H2,1H3. The van der Waals surface area contributed by atoms with Gasteiger partial charge in [0.1, 0.15) is 0 Å². The predicted octanol–water partition coefficient (Wildman–Crippen LogP) is 2.64. The zero-order chi connectivity index (χ0) is 22.4. The molecular weight excluding hydrogens is 442 g/mol. The van der Waals surface area contributed by atoms with Gasteiger partial charge in [-0.05, 0) is 44.0 Å². The Kier molecular flexibility index (Phi) is 5.36. The molecule has 1 saturated heterocycles. The molecule has 2 aliphatic heterocycles. The molecule has 0 aromatic heterocycles. The van der Waals surface area contributed by atoms with Crippen molar-refractivity contribution < 1.29 is 21.8 Å². The van der Waals surface area contributed by atoms with Crippen LogP contribution in [0.1, 0.15) is 18.4 Å². The van der Waals surface area contributed by atoms with Crippen LogP contribution in [0, 0.1) is 17.0 Å². The van der Waals surface area contributed by atoms with E-state index in [0.717, 1.165) is 17.7 Å². The summed E-state index contributed by atoms with van der Waals surface area (Å²) in [5.41, 5.74) is 1.20. The number of sulfonamides is 2. The molecule has 0 spiro atoms. The first kappa shape index (κ1) is 21.5. The third-order valence-corrected chi connectivity index (χ3v) is 9.31. The summed E-state index contributed by atoms with van der Waals surface area (Å²) >= 11 is 0. The van der Waals surface area contributed by atoms with Crippen LogP contribution in [0.3, 0.4) is 0 Å². The second-order valence-electron chi connectivity index (χ2n) is 7.48. The third kappa shape index (κ3) is 3.73. The number of nitrogens with zero attached hydrogens (tertiary/aromatic N) is 3. The van der Waals surface area contributed by atoms with Crippen LogP contribution < -0.4 is 0 Å². The molecule has 2 aromatic rings. The van der Waals surface area contributed by atoms with E-state index in [1.54, 1.807) is 30.3 Å². The highest BCUT2D eigenvalue weighted by Gasteiger charge is 2.44. The fourth-order valence-electron chi connectivity index (χ4n) is 3.97. The van der Waals surface area contributed by atoms with Crippen LogP contribution in [-0.4, -0.2) is 49.5 Å². The lowest BCUT2D eigenvalue weighted by atomic mass is 10.1. The van der Waals surface area contributed by atoms with Gasteiger partial charge in [0.15, 0.2) is 0 Å². The minimum atomic E-state index is -3.95. The Morgan fingerprint density at radius 1 is 0.903 bits per heavy atom. The van der Waals surface area contributed by atoms with Gasteiger partial charge in [-0.2, -0.15) is 4.31 Å². The van der Waals surface area contributed by atoms with Crippen LogP contribution in [0.2, 0.25) is 0 Å². The smallest absolute Gasteiger partial charge is 0.269 e. The number of benzene rings is 2. The van der Waals surface area contributed by atoms with Gasteiger partial charge in [-0.1, -0.05) is 23.8 Å². The lowest BCUT2D eigenvalue weighted by Gasteiger charge is -2.33. The van der Waals surface area contributed by atoms with E-state index >= 15 is 0 Å². The van der Waals surface area contributed by atoms with Crippen LogP contribution in [0.5, 0.6) is 0 Å². The molecule has 1 unspecified atom stereocenters. The number of nitro benzene ring substituents is 1. The van der Waals surface area contributed by atoms with Crippen molar-refractivity contribution in [1.82, 2.24) is 8.61 Å². The van der Waals surface area contributed by atoms with Crippen LogP contribution in [0.4, 0.5) is 5.69 Å². The second-order valence-corrected chi connectivity index (χ2v) is 11.2. The summed E-state index contributed by atoms with van der Waals surface area (Å²) < 4.78 is 55.4. The molecule has 0 bridgehead atoms. The molecule has 0 amide bonds. The molecular formula is C20H21N3O6S2. The SMILES string of the molecule is Cc1ccc(S(=O)(=O)N2CCC3C2=CCCN3S(=O)(=O)c2ccc([N+](=O)[O-])cc2)cc1. The maximum Gasteiger partial charge on any atom is 0.269 e. The zero-order valence-electron chi connectivity index (χ0n) is 16.7. The molecule has 9 nitrogen and oxygen atoms in total. The molecule has 1 atom stereocenters. The molecule has 1 fully saturated rings. The first-order chi connectivity index (χ1) is 14.6. The average molecular weight is 464 g/mol. The zero-order valence-corrected chi connectivity index (χ0v) is 18.3. The Hall–Kier alpha value is -2.76. The van der Waals surface area contributed by atoms with Crippen LogP contribution in [-0.2, 0) is 20.0 Å². The normalized spacial score (nSPS) is 19.7. The summed E-state index contributed by atoms with van der Waals surface area (Å²) in [5, 5.41) is 10.9. The molecule has 0 aliphatic carbocycles. The minimum absolute atomic E-state index is 0.0563. The lowest BCUT2D eigenvalue weighted by Crippen LogP contribution is -2.44. The van der Waals surface area contributed by atoms with Gasteiger partial charge in [-0.15, -0.1) is 0 Å². The Labute approximate surface area is 180 Å². The van der Waals surface area contributed by atoms with Gasteiger partial charge >= 0.3 is 0 Å². The summed E-state index contributed by atoms with van der Waals surface area (Å²) in [4.78, 5) is 10.4. The van der Waals surface area contributed by atoms with E-state index in [1.165, 1.54) is 20.7 Å². The number of rotatable bonds is 5. The molecule has 2 heterocycles. The van der Waals surface area contributed by atoms with E-state index in [-0.39, 0.29) is 28.6 Å². The van der Waals surface area contributed by atoms with Crippen molar-refractivity contribution in [3.05, 3.63) is 76.0 Å². The molecule has 0 saturated carbocycles. The van der Waals surface area contributed by atoms with Crippen LogP contribution in [0.25, 0.3) is 0 Å². The largest absolute Gasteiger partial charge is 0.269 e. The molecule has 2 aromatic carbocycles. The summed E-state index contributed by atoms with van der Waals surface area (Å²) in [6.45, 7) is 2.26. The summed E-state index contributed by atoms with van der Waals surface area (Å²) in [5.74, 6) is 0. The Morgan fingerprint density at radius 2 is 1.48 bits per heavy atom. The highest BCUT2D eigenvalue weighted by atomic mass is 32.2. The second kappa shape index (κ2) is 7.74. The Bertz CT molecular complexity index is 1250. The molecule has 2 aliphatic rings. The van der Waals surface area contributed by atoms with Gasteiger partial charge in [0.05, 0.1) is 20.8 Å². The highest BCUT2D eigenvalue weighted by molar-refractivity contribution is 7.89. The van der Waals surface area contributed by atoms with Crippen molar-refractivity contribution in [3.8, 4) is 0 Å². The van der Waals surface area contributed by atoms with Gasteiger partial charge < -0.3 is 0 Å². The summed E-state index contributed by atoms with van der Waals surface area (Å²) in [6, 6.07) is 10.7. The predicted molar refractivity (Wildman–Crippen MR) is 113 cm³/mol.